The molecule has 5 heteroatoms. The molecular weight excluding hydrogens is 268 g/mol. The molecule has 1 aliphatic heterocycles. The number of anilines is 1. The highest BCUT2D eigenvalue weighted by atomic mass is 16.5. The van der Waals surface area contributed by atoms with Crippen molar-refractivity contribution in [1.29, 1.82) is 0 Å². The van der Waals surface area contributed by atoms with Crippen molar-refractivity contribution in [3.05, 3.63) is 24.3 Å². The smallest absolute Gasteiger partial charge is 0.224 e. The Hall–Kier alpha value is -1.59. The molecule has 1 aliphatic rings. The summed E-state index contributed by atoms with van der Waals surface area (Å²) >= 11 is 0. The van der Waals surface area contributed by atoms with Crippen molar-refractivity contribution in [3.63, 3.8) is 0 Å². The number of hydrogen-bond acceptors (Lipinski definition) is 4. The van der Waals surface area contributed by atoms with E-state index in [2.05, 4.69) is 5.32 Å². The summed E-state index contributed by atoms with van der Waals surface area (Å²) < 4.78 is 11.1. The molecule has 1 heterocycles. The summed E-state index contributed by atoms with van der Waals surface area (Å²) in [7, 11) is 0. The molecule has 1 aromatic carbocycles. The van der Waals surface area contributed by atoms with E-state index in [9.17, 15) is 4.79 Å². The second kappa shape index (κ2) is 8.64. The summed E-state index contributed by atoms with van der Waals surface area (Å²) in [6.45, 7) is 1.77. The van der Waals surface area contributed by atoms with Gasteiger partial charge in [0.25, 0.3) is 0 Å². The van der Waals surface area contributed by atoms with Gasteiger partial charge in [-0.25, -0.2) is 0 Å². The highest BCUT2D eigenvalue weighted by Crippen LogP contribution is 2.19. The molecule has 0 bridgehead atoms. The van der Waals surface area contributed by atoms with E-state index in [4.69, 9.17) is 15.2 Å². The monoisotopic (exact) mass is 292 g/mol. The first-order valence-electron chi connectivity index (χ1n) is 7.62. The fraction of sp³-hybridized carbons (Fsp3) is 0.562. The quantitative estimate of drug-likeness (QED) is 0.809. The van der Waals surface area contributed by atoms with E-state index in [0.29, 0.717) is 25.3 Å². The van der Waals surface area contributed by atoms with Gasteiger partial charge in [0, 0.05) is 31.3 Å². The fourth-order valence-electron chi connectivity index (χ4n) is 2.39. The minimum absolute atomic E-state index is 0.0140. The van der Waals surface area contributed by atoms with Gasteiger partial charge >= 0.3 is 0 Å². The highest BCUT2D eigenvalue weighted by molar-refractivity contribution is 5.90. The maximum Gasteiger partial charge on any atom is 0.224 e. The molecule has 0 aliphatic carbocycles. The van der Waals surface area contributed by atoms with E-state index in [1.54, 1.807) is 0 Å². The van der Waals surface area contributed by atoms with Crippen LogP contribution in [0.15, 0.2) is 24.3 Å². The predicted molar refractivity (Wildman–Crippen MR) is 82.4 cm³/mol. The zero-order chi connectivity index (χ0) is 14.9. The Balaban J connectivity index is 1.76. The zero-order valence-electron chi connectivity index (χ0n) is 12.3. The summed E-state index contributed by atoms with van der Waals surface area (Å²) in [5, 5.41) is 2.89. The molecule has 116 valence electrons. The first-order valence-corrected chi connectivity index (χ1v) is 7.62. The van der Waals surface area contributed by atoms with Crippen molar-refractivity contribution >= 4 is 11.6 Å². The Bertz CT molecular complexity index is 445. The largest absolute Gasteiger partial charge is 0.492 e. The van der Waals surface area contributed by atoms with Gasteiger partial charge in [-0.3, -0.25) is 4.79 Å². The van der Waals surface area contributed by atoms with Crippen LogP contribution < -0.4 is 15.8 Å². The molecule has 0 radical (unpaired) electrons. The van der Waals surface area contributed by atoms with Gasteiger partial charge in [0.2, 0.25) is 5.91 Å². The zero-order valence-corrected chi connectivity index (χ0v) is 12.3. The van der Waals surface area contributed by atoms with Gasteiger partial charge in [0.1, 0.15) is 12.4 Å². The van der Waals surface area contributed by atoms with E-state index < -0.39 is 0 Å². The normalized spacial score (nSPS) is 18.2. The second-order valence-corrected chi connectivity index (χ2v) is 5.24. The Kier molecular flexibility index (Phi) is 6.50. The first kappa shape index (κ1) is 15.8. The van der Waals surface area contributed by atoms with Gasteiger partial charge in [0.15, 0.2) is 0 Å². The minimum Gasteiger partial charge on any atom is -0.492 e. The van der Waals surface area contributed by atoms with Gasteiger partial charge < -0.3 is 20.5 Å². The van der Waals surface area contributed by atoms with Crippen LogP contribution in [0.1, 0.15) is 32.1 Å². The molecule has 1 unspecified atom stereocenters. The fourth-order valence-corrected chi connectivity index (χ4v) is 2.39. The predicted octanol–water partition coefficient (Wildman–Crippen LogP) is 2.31. The average Bonchev–Trinajstić information content (AvgIpc) is 2.52. The van der Waals surface area contributed by atoms with Crippen molar-refractivity contribution in [2.45, 2.75) is 38.2 Å². The van der Waals surface area contributed by atoms with Crippen LogP contribution in [-0.2, 0) is 9.53 Å². The van der Waals surface area contributed by atoms with Crippen LogP contribution >= 0.6 is 0 Å². The lowest BCUT2D eigenvalue weighted by Crippen LogP contribution is -2.21. The van der Waals surface area contributed by atoms with E-state index in [1.165, 1.54) is 6.42 Å². The van der Waals surface area contributed by atoms with Gasteiger partial charge in [0.05, 0.1) is 6.10 Å². The molecular formula is C16H24N2O3. The van der Waals surface area contributed by atoms with Gasteiger partial charge in [-0.05, 0) is 37.8 Å². The molecule has 0 aromatic heterocycles. The standard InChI is InChI=1S/C16H24N2O3/c17-9-11-21-15-6-3-4-13(12-15)18-16(19)8-7-14-5-1-2-10-20-14/h3-4,6,12,14H,1-2,5,7-11,17H2,(H,18,19). The minimum atomic E-state index is 0.0140. The Morgan fingerprint density at radius 3 is 3.10 bits per heavy atom. The van der Waals surface area contributed by atoms with Crippen LogP contribution in [0.25, 0.3) is 0 Å². The number of benzene rings is 1. The lowest BCUT2D eigenvalue weighted by molar-refractivity contribution is -0.117. The van der Waals surface area contributed by atoms with Crippen molar-refractivity contribution < 1.29 is 14.3 Å². The van der Waals surface area contributed by atoms with Crippen LogP contribution in [0.4, 0.5) is 5.69 Å². The molecule has 5 nitrogen and oxygen atoms in total. The number of amides is 1. The third-order valence-corrected chi connectivity index (χ3v) is 3.47. The van der Waals surface area contributed by atoms with E-state index in [0.717, 1.165) is 31.6 Å². The lowest BCUT2D eigenvalue weighted by atomic mass is 10.0. The molecule has 1 amide bonds. The van der Waals surface area contributed by atoms with Crippen molar-refractivity contribution in [3.8, 4) is 5.75 Å². The summed E-state index contributed by atoms with van der Waals surface area (Å²) in [5.41, 5.74) is 6.15. The van der Waals surface area contributed by atoms with Crippen LogP contribution in [-0.4, -0.2) is 31.8 Å². The highest BCUT2D eigenvalue weighted by Gasteiger charge is 2.15. The van der Waals surface area contributed by atoms with Crippen molar-refractivity contribution in [2.75, 3.05) is 25.1 Å². The Morgan fingerprint density at radius 2 is 2.33 bits per heavy atom. The molecule has 1 aromatic rings. The van der Waals surface area contributed by atoms with Gasteiger partial charge in [-0.15, -0.1) is 0 Å². The van der Waals surface area contributed by atoms with E-state index >= 15 is 0 Å². The Labute approximate surface area is 125 Å². The number of rotatable bonds is 7. The summed E-state index contributed by atoms with van der Waals surface area (Å²) in [6.07, 6.45) is 4.91. The molecule has 1 saturated heterocycles. The Morgan fingerprint density at radius 1 is 1.43 bits per heavy atom. The van der Waals surface area contributed by atoms with Gasteiger partial charge in [-0.1, -0.05) is 6.07 Å². The number of hydrogen-bond donors (Lipinski definition) is 2. The van der Waals surface area contributed by atoms with E-state index in [-0.39, 0.29) is 12.0 Å². The summed E-state index contributed by atoms with van der Waals surface area (Å²) in [6, 6.07) is 7.36. The number of carbonyl (C=O) groups excluding carboxylic acids is 1. The average molecular weight is 292 g/mol. The second-order valence-electron chi connectivity index (χ2n) is 5.24. The van der Waals surface area contributed by atoms with Crippen LogP contribution in [0.2, 0.25) is 0 Å². The van der Waals surface area contributed by atoms with Crippen molar-refractivity contribution in [2.24, 2.45) is 5.73 Å². The molecule has 1 atom stereocenters. The molecule has 1 fully saturated rings. The molecule has 0 spiro atoms. The lowest BCUT2D eigenvalue weighted by Gasteiger charge is -2.22. The number of ether oxygens (including phenoxy) is 2. The topological polar surface area (TPSA) is 73.6 Å². The van der Waals surface area contributed by atoms with Crippen LogP contribution in [0, 0.1) is 0 Å². The first-order chi connectivity index (χ1) is 10.3. The van der Waals surface area contributed by atoms with Crippen molar-refractivity contribution in [1.82, 2.24) is 0 Å². The maximum atomic E-state index is 12.0. The van der Waals surface area contributed by atoms with Crippen LogP contribution in [0.5, 0.6) is 5.75 Å². The molecule has 0 saturated carbocycles. The summed E-state index contributed by atoms with van der Waals surface area (Å²) in [5.74, 6) is 0.731. The maximum absolute atomic E-state index is 12.0. The molecule has 2 rings (SSSR count). The third-order valence-electron chi connectivity index (χ3n) is 3.47. The number of nitrogens with one attached hydrogen (secondary N) is 1. The SMILES string of the molecule is NCCOc1cccc(NC(=O)CCC2CCCCO2)c1. The van der Waals surface area contributed by atoms with Crippen LogP contribution in [0.3, 0.4) is 0 Å². The van der Waals surface area contributed by atoms with Gasteiger partial charge in [-0.2, -0.15) is 0 Å². The summed E-state index contributed by atoms with van der Waals surface area (Å²) in [4.78, 5) is 12.0. The number of carbonyl (C=O) groups is 1. The molecule has 3 N–H and O–H groups in total. The molecule has 21 heavy (non-hydrogen) atoms. The van der Waals surface area contributed by atoms with E-state index in [1.807, 2.05) is 24.3 Å². The number of nitrogens with two attached hydrogens (primary N) is 1. The third kappa shape index (κ3) is 5.73.